The van der Waals surface area contributed by atoms with Crippen molar-refractivity contribution in [2.45, 2.75) is 13.1 Å². The van der Waals surface area contributed by atoms with Crippen LogP contribution in [0.4, 0.5) is 10.7 Å². The van der Waals surface area contributed by atoms with E-state index in [1.54, 1.807) is 0 Å². The quantitative estimate of drug-likeness (QED) is 0.718. The van der Waals surface area contributed by atoms with Crippen molar-refractivity contribution in [1.82, 2.24) is 14.8 Å². The van der Waals surface area contributed by atoms with Gasteiger partial charge in [-0.25, -0.2) is 14.4 Å². The summed E-state index contributed by atoms with van der Waals surface area (Å²) in [6.45, 7) is 3.70. The number of amides is 1. The molecule has 1 unspecified atom stereocenters. The van der Waals surface area contributed by atoms with Gasteiger partial charge < -0.3 is 15.6 Å². The Balaban J connectivity index is 2.29. The number of carbonyl (C=O) groups is 2. The van der Waals surface area contributed by atoms with Crippen molar-refractivity contribution >= 4 is 18.0 Å². The van der Waals surface area contributed by atoms with Crippen LogP contribution < -0.4 is 10.6 Å². The molecule has 9 nitrogen and oxygen atoms in total. The summed E-state index contributed by atoms with van der Waals surface area (Å²) >= 11 is 0. The molecular weight excluding hydrogens is 266 g/mol. The van der Waals surface area contributed by atoms with Gasteiger partial charge in [-0.15, -0.1) is 0 Å². The molecule has 0 fully saturated rings. The average molecular weight is 281 g/mol. The monoisotopic (exact) mass is 281 g/mol. The van der Waals surface area contributed by atoms with Crippen molar-refractivity contribution in [2.75, 3.05) is 18.1 Å². The lowest BCUT2D eigenvalue weighted by atomic mass is 10.1. The molecule has 9 heteroatoms. The number of rotatable bonds is 4. The molecular formula is C11H15N5O4. The van der Waals surface area contributed by atoms with Gasteiger partial charge in [0.25, 0.3) is 0 Å². The van der Waals surface area contributed by atoms with Crippen LogP contribution in [-0.4, -0.2) is 45.1 Å². The van der Waals surface area contributed by atoms with Crippen LogP contribution in [0.5, 0.6) is 0 Å². The Bertz CT molecular complexity index is 541. The van der Waals surface area contributed by atoms with Gasteiger partial charge in [0.05, 0.1) is 19.0 Å². The molecule has 0 radical (unpaired) electrons. The van der Waals surface area contributed by atoms with Crippen LogP contribution in [-0.2, 0) is 22.6 Å². The SMILES string of the molecule is C=CCOC(=O)N1CC(C(=O)O)Cn2nc(CN)nc21. The van der Waals surface area contributed by atoms with Gasteiger partial charge in [0, 0.05) is 6.54 Å². The number of nitrogens with two attached hydrogens (primary N) is 1. The number of fused-ring (bicyclic) bond motifs is 1. The van der Waals surface area contributed by atoms with E-state index in [4.69, 9.17) is 15.6 Å². The van der Waals surface area contributed by atoms with Crippen LogP contribution in [0, 0.1) is 5.92 Å². The van der Waals surface area contributed by atoms with Crippen molar-refractivity contribution in [2.24, 2.45) is 11.7 Å². The molecule has 1 amide bonds. The predicted octanol–water partition coefficient (Wildman–Crippen LogP) is -0.420. The number of carbonyl (C=O) groups excluding carboxylic acids is 1. The van der Waals surface area contributed by atoms with E-state index in [2.05, 4.69) is 16.7 Å². The van der Waals surface area contributed by atoms with E-state index in [0.29, 0.717) is 5.82 Å². The summed E-state index contributed by atoms with van der Waals surface area (Å²) in [7, 11) is 0. The molecule has 108 valence electrons. The number of aromatic nitrogens is 3. The smallest absolute Gasteiger partial charge is 0.417 e. The van der Waals surface area contributed by atoms with Gasteiger partial charge in [0.2, 0.25) is 5.95 Å². The van der Waals surface area contributed by atoms with Crippen molar-refractivity contribution in [3.63, 3.8) is 0 Å². The van der Waals surface area contributed by atoms with Gasteiger partial charge in [-0.3, -0.25) is 4.79 Å². The zero-order valence-corrected chi connectivity index (χ0v) is 10.7. The number of nitrogens with zero attached hydrogens (tertiary/aromatic N) is 4. The van der Waals surface area contributed by atoms with Gasteiger partial charge in [0.15, 0.2) is 5.82 Å². The zero-order chi connectivity index (χ0) is 14.7. The number of ether oxygens (including phenoxy) is 1. The number of aliphatic carboxylic acids is 1. The maximum Gasteiger partial charge on any atom is 0.417 e. The van der Waals surface area contributed by atoms with Gasteiger partial charge >= 0.3 is 12.1 Å². The number of hydrogen-bond donors (Lipinski definition) is 2. The van der Waals surface area contributed by atoms with Crippen LogP contribution in [0.15, 0.2) is 12.7 Å². The van der Waals surface area contributed by atoms with Crippen molar-refractivity contribution < 1.29 is 19.4 Å². The summed E-state index contributed by atoms with van der Waals surface area (Å²) in [6.07, 6.45) is 0.736. The Morgan fingerprint density at radius 1 is 1.55 bits per heavy atom. The maximum absolute atomic E-state index is 11.9. The normalized spacial score (nSPS) is 17.4. The first-order valence-electron chi connectivity index (χ1n) is 5.98. The van der Waals surface area contributed by atoms with Crippen molar-refractivity contribution in [1.29, 1.82) is 0 Å². The third-order valence-electron chi connectivity index (χ3n) is 2.81. The molecule has 1 aromatic heterocycles. The van der Waals surface area contributed by atoms with E-state index >= 15 is 0 Å². The lowest BCUT2D eigenvalue weighted by molar-refractivity contribution is -0.142. The highest BCUT2D eigenvalue weighted by molar-refractivity contribution is 5.87. The minimum Gasteiger partial charge on any atom is -0.481 e. The van der Waals surface area contributed by atoms with Gasteiger partial charge in [-0.05, 0) is 0 Å². The molecule has 2 heterocycles. The first-order chi connectivity index (χ1) is 9.56. The highest BCUT2D eigenvalue weighted by atomic mass is 16.6. The second-order valence-corrected chi connectivity index (χ2v) is 4.23. The minimum atomic E-state index is -1.01. The fraction of sp³-hybridized carbons (Fsp3) is 0.455. The molecule has 0 spiro atoms. The summed E-state index contributed by atoms with van der Waals surface area (Å²) in [5, 5.41) is 13.2. The predicted molar refractivity (Wildman–Crippen MR) is 67.9 cm³/mol. The molecule has 1 aromatic rings. The minimum absolute atomic E-state index is 0.0198. The number of anilines is 1. The first kappa shape index (κ1) is 14.0. The van der Waals surface area contributed by atoms with E-state index in [-0.39, 0.29) is 32.2 Å². The summed E-state index contributed by atoms with van der Waals surface area (Å²) in [6, 6.07) is 0. The Morgan fingerprint density at radius 3 is 2.90 bits per heavy atom. The lowest BCUT2D eigenvalue weighted by Crippen LogP contribution is -2.45. The molecule has 1 atom stereocenters. The highest BCUT2D eigenvalue weighted by Gasteiger charge is 2.35. The molecule has 20 heavy (non-hydrogen) atoms. The van der Waals surface area contributed by atoms with E-state index in [1.807, 2.05) is 0 Å². The summed E-state index contributed by atoms with van der Waals surface area (Å²) in [5.74, 6) is -1.20. The molecule has 0 saturated carbocycles. The average Bonchev–Trinajstić information content (AvgIpc) is 2.86. The number of hydrogen-bond acceptors (Lipinski definition) is 6. The molecule has 1 aliphatic heterocycles. The van der Waals surface area contributed by atoms with Crippen LogP contribution in [0.25, 0.3) is 0 Å². The zero-order valence-electron chi connectivity index (χ0n) is 10.7. The molecule has 1 aliphatic rings. The summed E-state index contributed by atoms with van der Waals surface area (Å²) < 4.78 is 6.28. The Morgan fingerprint density at radius 2 is 2.30 bits per heavy atom. The van der Waals surface area contributed by atoms with Crippen molar-refractivity contribution in [3.8, 4) is 0 Å². The lowest BCUT2D eigenvalue weighted by Gasteiger charge is -2.28. The molecule has 0 aliphatic carbocycles. The van der Waals surface area contributed by atoms with Crippen LogP contribution in [0.2, 0.25) is 0 Å². The van der Waals surface area contributed by atoms with Gasteiger partial charge in [0.1, 0.15) is 6.61 Å². The van der Waals surface area contributed by atoms with E-state index in [9.17, 15) is 9.59 Å². The summed E-state index contributed by atoms with van der Waals surface area (Å²) in [5.41, 5.74) is 5.46. The summed E-state index contributed by atoms with van der Waals surface area (Å²) in [4.78, 5) is 28.3. The third kappa shape index (κ3) is 2.62. The fourth-order valence-electron chi connectivity index (χ4n) is 1.88. The Kier molecular flexibility index (Phi) is 3.99. The van der Waals surface area contributed by atoms with Crippen molar-refractivity contribution in [3.05, 3.63) is 18.5 Å². The molecule has 0 bridgehead atoms. The first-order valence-corrected chi connectivity index (χ1v) is 5.98. The topological polar surface area (TPSA) is 124 Å². The van der Waals surface area contributed by atoms with Gasteiger partial charge in [-0.1, -0.05) is 12.7 Å². The Hall–Kier alpha value is -2.42. The standard InChI is InChI=1S/C11H15N5O4/c1-2-3-20-11(19)15-5-7(9(17)18)6-16-10(15)13-8(4-12)14-16/h2,7H,1,3-6,12H2,(H,17,18). The van der Waals surface area contributed by atoms with Gasteiger partial charge in [-0.2, -0.15) is 10.1 Å². The van der Waals surface area contributed by atoms with E-state index < -0.39 is 18.0 Å². The van der Waals surface area contributed by atoms with Crippen LogP contribution in [0.1, 0.15) is 5.82 Å². The molecule has 0 aromatic carbocycles. The molecule has 3 N–H and O–H groups in total. The fourth-order valence-corrected chi connectivity index (χ4v) is 1.88. The number of carboxylic acids is 1. The molecule has 2 rings (SSSR count). The van der Waals surface area contributed by atoms with Crippen LogP contribution >= 0.6 is 0 Å². The third-order valence-corrected chi connectivity index (χ3v) is 2.81. The Labute approximate surface area is 114 Å². The van der Waals surface area contributed by atoms with E-state index in [0.717, 1.165) is 4.90 Å². The second kappa shape index (κ2) is 5.70. The highest BCUT2D eigenvalue weighted by Crippen LogP contribution is 2.22. The number of carboxylic acid groups (broad SMARTS) is 1. The maximum atomic E-state index is 11.9. The molecule has 0 saturated heterocycles. The largest absolute Gasteiger partial charge is 0.481 e. The van der Waals surface area contributed by atoms with E-state index in [1.165, 1.54) is 10.8 Å². The second-order valence-electron chi connectivity index (χ2n) is 4.23. The van der Waals surface area contributed by atoms with Crippen LogP contribution in [0.3, 0.4) is 0 Å².